The van der Waals surface area contributed by atoms with E-state index in [0.717, 1.165) is 30.5 Å². The molecule has 1 atom stereocenters. The molecule has 0 aromatic heterocycles. The molecule has 1 unspecified atom stereocenters. The molecule has 1 aromatic carbocycles. The van der Waals surface area contributed by atoms with Crippen LogP contribution in [0.4, 0.5) is 5.69 Å². The van der Waals surface area contributed by atoms with Gasteiger partial charge in [0, 0.05) is 31.7 Å². The maximum Gasteiger partial charge on any atom is 0.241 e. The van der Waals surface area contributed by atoms with Crippen molar-refractivity contribution in [1.82, 2.24) is 9.80 Å². The number of likely N-dealkylation sites (N-methyl/N-ethyl adjacent to an activating group) is 2. The molecule has 5 heteroatoms. The van der Waals surface area contributed by atoms with Gasteiger partial charge in [0.05, 0.1) is 6.04 Å². The Bertz CT molecular complexity index is 719. The smallest absolute Gasteiger partial charge is 0.241 e. The molecule has 1 aromatic rings. The van der Waals surface area contributed by atoms with Crippen LogP contribution in [0, 0.1) is 11.3 Å². The zero-order chi connectivity index (χ0) is 21.0. The number of nitrogens with one attached hydrogen (secondary N) is 1. The number of carbonyl (C=O) groups excluding carboxylic acids is 2. The first kappa shape index (κ1) is 21.8. The van der Waals surface area contributed by atoms with Crippen molar-refractivity contribution in [3.05, 3.63) is 29.8 Å². The summed E-state index contributed by atoms with van der Waals surface area (Å²) in [6.07, 6.45) is 8.19. The van der Waals surface area contributed by atoms with Gasteiger partial charge in [-0.2, -0.15) is 0 Å². The maximum absolute atomic E-state index is 12.8. The summed E-state index contributed by atoms with van der Waals surface area (Å²) < 4.78 is 0. The van der Waals surface area contributed by atoms with Crippen LogP contribution in [0.2, 0.25) is 0 Å². The highest BCUT2D eigenvalue weighted by Crippen LogP contribution is 2.57. The van der Waals surface area contributed by atoms with Gasteiger partial charge in [-0.05, 0) is 76.0 Å². The van der Waals surface area contributed by atoms with Gasteiger partial charge in [-0.15, -0.1) is 0 Å². The van der Waals surface area contributed by atoms with Crippen LogP contribution in [0.3, 0.4) is 0 Å². The van der Waals surface area contributed by atoms with E-state index in [-0.39, 0.29) is 23.8 Å². The van der Waals surface area contributed by atoms with Gasteiger partial charge in [0.25, 0.3) is 0 Å². The lowest BCUT2D eigenvalue weighted by atomic mass is 9.79. The van der Waals surface area contributed by atoms with Crippen LogP contribution in [0.1, 0.15) is 57.9 Å². The molecule has 2 aliphatic rings. The molecule has 160 valence electrons. The van der Waals surface area contributed by atoms with Gasteiger partial charge in [-0.25, -0.2) is 0 Å². The van der Waals surface area contributed by atoms with Crippen molar-refractivity contribution in [3.8, 4) is 0 Å². The Morgan fingerprint density at radius 3 is 2.38 bits per heavy atom. The van der Waals surface area contributed by atoms with Crippen LogP contribution in [0.25, 0.3) is 0 Å². The molecule has 2 saturated carbocycles. The molecule has 2 aliphatic carbocycles. The van der Waals surface area contributed by atoms with E-state index in [1.807, 2.05) is 55.1 Å². The first-order chi connectivity index (χ1) is 13.8. The van der Waals surface area contributed by atoms with Crippen molar-refractivity contribution >= 4 is 17.5 Å². The third-order valence-corrected chi connectivity index (χ3v) is 7.21. The molecule has 29 heavy (non-hydrogen) atoms. The fraction of sp³-hybridized carbons (Fsp3) is 0.667. The van der Waals surface area contributed by atoms with E-state index in [2.05, 4.69) is 12.2 Å². The maximum atomic E-state index is 12.8. The molecule has 2 fully saturated rings. The summed E-state index contributed by atoms with van der Waals surface area (Å²) in [5.74, 6) is 0.468. The second-order valence-corrected chi connectivity index (χ2v) is 9.19. The first-order valence-electron chi connectivity index (χ1n) is 11.2. The third-order valence-electron chi connectivity index (χ3n) is 7.21. The molecule has 0 heterocycles. The van der Waals surface area contributed by atoms with Crippen LogP contribution in [0.5, 0.6) is 0 Å². The average Bonchev–Trinajstić information content (AvgIpc) is 3.50. The second-order valence-electron chi connectivity index (χ2n) is 9.19. The topological polar surface area (TPSA) is 52.7 Å². The lowest BCUT2D eigenvalue weighted by Gasteiger charge is -2.32. The highest BCUT2D eigenvalue weighted by Gasteiger charge is 2.46. The van der Waals surface area contributed by atoms with Crippen molar-refractivity contribution < 1.29 is 9.59 Å². The van der Waals surface area contributed by atoms with Crippen LogP contribution >= 0.6 is 0 Å². The van der Waals surface area contributed by atoms with E-state index in [4.69, 9.17) is 0 Å². The summed E-state index contributed by atoms with van der Waals surface area (Å²) in [7, 11) is 3.85. The van der Waals surface area contributed by atoms with Gasteiger partial charge < -0.3 is 10.2 Å². The molecule has 0 saturated heterocycles. The molecule has 5 nitrogen and oxygen atoms in total. The summed E-state index contributed by atoms with van der Waals surface area (Å²) in [5, 5.41) is 3.06. The lowest BCUT2D eigenvalue weighted by Crippen LogP contribution is -2.45. The number of rotatable bonds is 8. The largest absolute Gasteiger partial charge is 0.344 e. The Hall–Kier alpha value is -1.88. The van der Waals surface area contributed by atoms with Gasteiger partial charge >= 0.3 is 0 Å². The minimum atomic E-state index is -0.257. The minimum Gasteiger partial charge on any atom is -0.344 e. The van der Waals surface area contributed by atoms with E-state index in [1.165, 1.54) is 25.7 Å². The molecule has 0 aliphatic heterocycles. The standard InChI is InChI=1S/C24H37N3O2/c1-5-19-8-6-7-9-21(19)25-22(28)18(2)26(3)16-17-27(4)23(29)20-10-12-24(13-11-20)14-15-24/h6-9,18,20H,5,10-17H2,1-4H3,(H,25,28). The van der Waals surface area contributed by atoms with Crippen LogP contribution < -0.4 is 5.32 Å². The van der Waals surface area contributed by atoms with Crippen LogP contribution in [-0.2, 0) is 16.0 Å². The van der Waals surface area contributed by atoms with Crippen molar-refractivity contribution in [2.75, 3.05) is 32.5 Å². The number of hydrogen-bond acceptors (Lipinski definition) is 3. The molecule has 1 spiro atoms. The summed E-state index contributed by atoms with van der Waals surface area (Å²) in [6.45, 7) is 5.34. The Kier molecular flexibility index (Phi) is 6.99. The number of benzene rings is 1. The van der Waals surface area contributed by atoms with E-state index in [1.54, 1.807) is 0 Å². The van der Waals surface area contributed by atoms with Crippen LogP contribution in [-0.4, -0.2) is 54.8 Å². The molecule has 2 amide bonds. The van der Waals surface area contributed by atoms with Crippen molar-refractivity contribution in [2.45, 2.75) is 64.8 Å². The second kappa shape index (κ2) is 9.29. The van der Waals surface area contributed by atoms with Gasteiger partial charge in [-0.1, -0.05) is 25.1 Å². The zero-order valence-electron chi connectivity index (χ0n) is 18.5. The third kappa shape index (κ3) is 5.39. The van der Waals surface area contributed by atoms with Crippen molar-refractivity contribution in [3.63, 3.8) is 0 Å². The molecule has 0 bridgehead atoms. The quantitative estimate of drug-likeness (QED) is 0.720. The number of amides is 2. The summed E-state index contributed by atoms with van der Waals surface area (Å²) >= 11 is 0. The highest BCUT2D eigenvalue weighted by atomic mass is 16.2. The van der Waals surface area contributed by atoms with Gasteiger partial charge in [0.15, 0.2) is 0 Å². The monoisotopic (exact) mass is 399 g/mol. The Labute approximate surface area is 175 Å². The Morgan fingerprint density at radius 2 is 1.76 bits per heavy atom. The predicted octanol–water partition coefficient (Wildman–Crippen LogP) is 3.94. The fourth-order valence-corrected chi connectivity index (χ4v) is 4.47. The van der Waals surface area contributed by atoms with E-state index < -0.39 is 0 Å². The number of nitrogens with zero attached hydrogens (tertiary/aromatic N) is 2. The van der Waals surface area contributed by atoms with E-state index in [0.29, 0.717) is 18.5 Å². The zero-order valence-corrected chi connectivity index (χ0v) is 18.5. The SMILES string of the molecule is CCc1ccccc1NC(=O)C(C)N(C)CCN(C)C(=O)C1CCC2(CC1)CC2. The Balaban J connectivity index is 1.44. The predicted molar refractivity (Wildman–Crippen MR) is 118 cm³/mol. The summed E-state index contributed by atoms with van der Waals surface area (Å²) in [5.41, 5.74) is 2.65. The van der Waals surface area contributed by atoms with Gasteiger partial charge in [0.2, 0.25) is 11.8 Å². The minimum absolute atomic E-state index is 0.00982. The van der Waals surface area contributed by atoms with E-state index in [9.17, 15) is 9.59 Å². The Morgan fingerprint density at radius 1 is 1.10 bits per heavy atom. The molecular formula is C24H37N3O2. The fourth-order valence-electron chi connectivity index (χ4n) is 4.47. The molecule has 1 N–H and O–H groups in total. The van der Waals surface area contributed by atoms with Gasteiger partial charge in [0.1, 0.15) is 0 Å². The number of carbonyl (C=O) groups is 2. The van der Waals surface area contributed by atoms with Crippen LogP contribution in [0.15, 0.2) is 24.3 Å². The first-order valence-corrected chi connectivity index (χ1v) is 11.2. The summed E-state index contributed by atoms with van der Waals surface area (Å²) in [4.78, 5) is 29.4. The molecule has 0 radical (unpaired) electrons. The number of hydrogen-bond donors (Lipinski definition) is 1. The van der Waals surface area contributed by atoms with Gasteiger partial charge in [-0.3, -0.25) is 14.5 Å². The normalized spacial score (nSPS) is 19.2. The van der Waals surface area contributed by atoms with E-state index >= 15 is 0 Å². The molecule has 3 rings (SSSR count). The van der Waals surface area contributed by atoms with Crippen molar-refractivity contribution in [2.24, 2.45) is 11.3 Å². The lowest BCUT2D eigenvalue weighted by molar-refractivity contribution is -0.135. The number of anilines is 1. The highest BCUT2D eigenvalue weighted by molar-refractivity contribution is 5.95. The summed E-state index contributed by atoms with van der Waals surface area (Å²) in [6, 6.07) is 7.67. The average molecular weight is 400 g/mol. The molecular weight excluding hydrogens is 362 g/mol. The van der Waals surface area contributed by atoms with Crippen molar-refractivity contribution in [1.29, 1.82) is 0 Å². The number of aryl methyl sites for hydroxylation is 1. The number of para-hydroxylation sites is 1.